The lowest BCUT2D eigenvalue weighted by Crippen LogP contribution is -2.34. The van der Waals surface area contributed by atoms with E-state index in [-0.39, 0.29) is 29.7 Å². The van der Waals surface area contributed by atoms with Gasteiger partial charge in [0.15, 0.2) is 11.7 Å². The van der Waals surface area contributed by atoms with Crippen molar-refractivity contribution in [2.75, 3.05) is 6.61 Å². The molecule has 0 radical (unpaired) electrons. The first-order chi connectivity index (χ1) is 11.4. The molecule has 0 bridgehead atoms. The third-order valence-electron chi connectivity index (χ3n) is 4.08. The first-order valence-electron chi connectivity index (χ1n) is 7.60. The largest absolute Gasteiger partial charge is 0.465 e. The molecule has 0 unspecified atom stereocenters. The molecule has 3 rings (SSSR count). The maximum Gasteiger partial charge on any atom is 0.282 e. The Morgan fingerprint density at radius 2 is 2.25 bits per heavy atom. The molecule has 0 spiro atoms. The van der Waals surface area contributed by atoms with Crippen LogP contribution in [0.5, 0.6) is 0 Å². The van der Waals surface area contributed by atoms with Gasteiger partial charge in [-0.1, -0.05) is 6.07 Å². The van der Waals surface area contributed by atoms with Crippen LogP contribution < -0.4 is 5.73 Å². The first-order valence-corrected chi connectivity index (χ1v) is 7.60. The van der Waals surface area contributed by atoms with Crippen LogP contribution in [-0.4, -0.2) is 23.4 Å². The van der Waals surface area contributed by atoms with Gasteiger partial charge < -0.3 is 14.9 Å². The summed E-state index contributed by atoms with van der Waals surface area (Å²) in [6.07, 6.45) is 1.93. The summed E-state index contributed by atoms with van der Waals surface area (Å²) in [5.74, 6) is -0.147. The minimum Gasteiger partial charge on any atom is -0.465 e. The predicted octanol–water partition coefficient (Wildman–Crippen LogP) is 2.50. The molecule has 1 aliphatic heterocycles. The Labute approximate surface area is 138 Å². The number of oxazole rings is 1. The van der Waals surface area contributed by atoms with Gasteiger partial charge in [-0.2, -0.15) is 0 Å². The van der Waals surface area contributed by atoms with Gasteiger partial charge in [-0.3, -0.25) is 4.79 Å². The number of Topliss-reactive ketones (excluding diaryl/α,β-unsaturated/α-hetero) is 1. The summed E-state index contributed by atoms with van der Waals surface area (Å²) >= 11 is 0. The Morgan fingerprint density at radius 1 is 1.46 bits per heavy atom. The van der Waals surface area contributed by atoms with Gasteiger partial charge in [-0.15, -0.1) is 0 Å². The van der Waals surface area contributed by atoms with Crippen molar-refractivity contribution in [2.24, 2.45) is 10.7 Å². The van der Waals surface area contributed by atoms with E-state index in [9.17, 15) is 9.18 Å². The van der Waals surface area contributed by atoms with Crippen LogP contribution in [0.1, 0.15) is 40.9 Å². The topological polar surface area (TPSA) is 90.7 Å². The van der Waals surface area contributed by atoms with E-state index in [0.717, 1.165) is 0 Å². The monoisotopic (exact) mass is 331 g/mol. The van der Waals surface area contributed by atoms with E-state index in [2.05, 4.69) is 9.98 Å². The number of nitrogens with zero attached hydrogens (tertiary/aromatic N) is 2. The standard InChI is InChI=1S/C17H18FN3O3/c1-10-20-14(9-24-10)15(22)8-11-3-4-13(18)12(7-11)17(2)5-6-23-16(19)21-17/h3-4,7,9H,5-6,8H2,1-2H3,(H2,19,21)/t17-/m0/s1. The summed E-state index contributed by atoms with van der Waals surface area (Å²) in [6, 6.07) is 4.63. The number of rotatable bonds is 4. The highest BCUT2D eigenvalue weighted by atomic mass is 19.1. The van der Waals surface area contributed by atoms with Crippen molar-refractivity contribution in [3.05, 3.63) is 53.0 Å². The highest BCUT2D eigenvalue weighted by Crippen LogP contribution is 2.34. The molecule has 0 saturated heterocycles. The molecular formula is C17H18FN3O3. The number of ether oxygens (including phenoxy) is 1. The fraction of sp³-hybridized carbons (Fsp3) is 0.353. The number of aryl methyl sites for hydroxylation is 1. The molecule has 1 aromatic carbocycles. The molecule has 1 aliphatic rings. The molecule has 0 amide bonds. The highest BCUT2D eigenvalue weighted by molar-refractivity contribution is 5.95. The van der Waals surface area contributed by atoms with Gasteiger partial charge in [-0.05, 0) is 24.6 Å². The van der Waals surface area contributed by atoms with Crippen molar-refractivity contribution >= 4 is 11.8 Å². The predicted molar refractivity (Wildman–Crippen MR) is 85.2 cm³/mol. The van der Waals surface area contributed by atoms with E-state index in [1.807, 2.05) is 0 Å². The highest BCUT2D eigenvalue weighted by Gasteiger charge is 2.33. The average Bonchev–Trinajstić information content (AvgIpc) is 2.95. The van der Waals surface area contributed by atoms with E-state index >= 15 is 0 Å². The molecule has 1 atom stereocenters. The second-order valence-corrected chi connectivity index (χ2v) is 5.99. The molecule has 1 aromatic heterocycles. The fourth-order valence-corrected chi connectivity index (χ4v) is 2.74. The van der Waals surface area contributed by atoms with Gasteiger partial charge in [-0.25, -0.2) is 14.4 Å². The van der Waals surface area contributed by atoms with Crippen LogP contribution in [-0.2, 0) is 16.7 Å². The van der Waals surface area contributed by atoms with E-state index < -0.39 is 5.54 Å². The van der Waals surface area contributed by atoms with Crippen LogP contribution >= 0.6 is 0 Å². The summed E-state index contributed by atoms with van der Waals surface area (Å²) in [6.45, 7) is 3.83. The number of amidine groups is 1. The minimum absolute atomic E-state index is 0.0442. The maximum atomic E-state index is 14.3. The Balaban J connectivity index is 1.89. The summed E-state index contributed by atoms with van der Waals surface area (Å²) < 4.78 is 24.5. The van der Waals surface area contributed by atoms with Gasteiger partial charge in [0.25, 0.3) is 6.02 Å². The maximum absolute atomic E-state index is 14.3. The molecule has 2 aromatic rings. The van der Waals surface area contributed by atoms with Crippen LogP contribution in [0, 0.1) is 12.7 Å². The molecule has 2 heterocycles. The molecule has 0 aliphatic carbocycles. The Morgan fingerprint density at radius 3 is 2.92 bits per heavy atom. The van der Waals surface area contributed by atoms with E-state index in [0.29, 0.717) is 30.0 Å². The average molecular weight is 331 g/mol. The van der Waals surface area contributed by atoms with Crippen LogP contribution in [0.2, 0.25) is 0 Å². The van der Waals surface area contributed by atoms with Crippen molar-refractivity contribution in [2.45, 2.75) is 32.2 Å². The molecule has 6 nitrogen and oxygen atoms in total. The summed E-state index contributed by atoms with van der Waals surface area (Å²) in [5, 5.41) is 0. The van der Waals surface area contributed by atoms with Crippen molar-refractivity contribution in [3.63, 3.8) is 0 Å². The van der Waals surface area contributed by atoms with Crippen LogP contribution in [0.15, 0.2) is 33.9 Å². The van der Waals surface area contributed by atoms with E-state index in [1.165, 1.54) is 12.3 Å². The second kappa shape index (κ2) is 6.07. The number of hydrogen-bond donors (Lipinski definition) is 1. The number of carbonyl (C=O) groups is 1. The zero-order valence-electron chi connectivity index (χ0n) is 13.5. The molecule has 2 N–H and O–H groups in total. The third kappa shape index (κ3) is 3.15. The van der Waals surface area contributed by atoms with Gasteiger partial charge in [0.2, 0.25) is 0 Å². The first kappa shape index (κ1) is 16.2. The minimum atomic E-state index is -0.810. The summed E-state index contributed by atoms with van der Waals surface area (Å²) in [5.41, 5.74) is 6.16. The fourth-order valence-electron chi connectivity index (χ4n) is 2.74. The Bertz CT molecular complexity index is 815. The second-order valence-electron chi connectivity index (χ2n) is 5.99. The van der Waals surface area contributed by atoms with E-state index in [1.54, 1.807) is 26.0 Å². The number of ketones is 1. The van der Waals surface area contributed by atoms with Gasteiger partial charge in [0.05, 0.1) is 12.1 Å². The normalized spacial score (nSPS) is 20.4. The van der Waals surface area contributed by atoms with Crippen molar-refractivity contribution in [3.8, 4) is 0 Å². The number of benzene rings is 1. The summed E-state index contributed by atoms with van der Waals surface area (Å²) in [4.78, 5) is 20.5. The number of hydrogen-bond acceptors (Lipinski definition) is 6. The zero-order valence-corrected chi connectivity index (χ0v) is 13.5. The van der Waals surface area contributed by atoms with Gasteiger partial charge in [0.1, 0.15) is 17.8 Å². The number of aliphatic imine (C=N–C) groups is 1. The smallest absolute Gasteiger partial charge is 0.282 e. The van der Waals surface area contributed by atoms with Crippen LogP contribution in [0.3, 0.4) is 0 Å². The van der Waals surface area contributed by atoms with Crippen molar-refractivity contribution < 1.29 is 18.3 Å². The molecule has 126 valence electrons. The quantitative estimate of drug-likeness (QED) is 0.869. The van der Waals surface area contributed by atoms with Crippen LogP contribution in [0.4, 0.5) is 4.39 Å². The van der Waals surface area contributed by atoms with Gasteiger partial charge in [0, 0.05) is 25.3 Å². The lowest BCUT2D eigenvalue weighted by molar-refractivity contribution is 0.0988. The third-order valence-corrected chi connectivity index (χ3v) is 4.08. The number of halogens is 1. The molecule has 24 heavy (non-hydrogen) atoms. The number of nitrogens with two attached hydrogens (primary N) is 1. The molecule has 7 heteroatoms. The lowest BCUT2D eigenvalue weighted by Gasteiger charge is -2.30. The molecule has 0 saturated carbocycles. The Hall–Kier alpha value is -2.70. The van der Waals surface area contributed by atoms with Crippen LogP contribution in [0.25, 0.3) is 0 Å². The number of aromatic nitrogens is 1. The Kier molecular flexibility index (Phi) is 4.09. The van der Waals surface area contributed by atoms with Gasteiger partial charge >= 0.3 is 0 Å². The lowest BCUT2D eigenvalue weighted by atomic mass is 9.87. The molecule has 0 fully saturated rings. The SMILES string of the molecule is Cc1nc(C(=O)Cc2ccc(F)c([C@]3(C)CCOC(N)=N3)c2)co1. The zero-order chi connectivity index (χ0) is 17.3. The van der Waals surface area contributed by atoms with Crippen molar-refractivity contribution in [1.29, 1.82) is 0 Å². The van der Waals surface area contributed by atoms with E-state index in [4.69, 9.17) is 14.9 Å². The summed E-state index contributed by atoms with van der Waals surface area (Å²) in [7, 11) is 0. The van der Waals surface area contributed by atoms with Crippen molar-refractivity contribution in [1.82, 2.24) is 4.98 Å². The number of carbonyl (C=O) groups excluding carboxylic acids is 1. The molecular weight excluding hydrogens is 313 g/mol.